The molecule has 0 amide bonds. The molecule has 1 unspecified atom stereocenters. The van der Waals surface area contributed by atoms with Gasteiger partial charge >= 0.3 is 0 Å². The molecular weight excluding hydrogens is 404 g/mol. The zero-order valence-electron chi connectivity index (χ0n) is 16.0. The van der Waals surface area contributed by atoms with Gasteiger partial charge in [-0.05, 0) is 60.4 Å². The Bertz CT molecular complexity index is 1070. The first-order valence-corrected chi connectivity index (χ1v) is 11.6. The summed E-state index contributed by atoms with van der Waals surface area (Å²) in [6.07, 6.45) is 2.04. The second-order valence-electron chi connectivity index (χ2n) is 7.21. The topological polar surface area (TPSA) is 49.4 Å². The molecule has 0 radical (unpaired) electrons. The Morgan fingerprint density at radius 2 is 1.69 bits per heavy atom. The SMILES string of the molecule is O=S(=O)(NCC1CCCN1c1ccccc1)c1ccc(-c2cccc(Cl)c2)cc1. The number of hydrogen-bond acceptors (Lipinski definition) is 3. The van der Waals surface area contributed by atoms with Crippen molar-refractivity contribution < 1.29 is 8.42 Å². The van der Waals surface area contributed by atoms with E-state index < -0.39 is 10.0 Å². The first-order chi connectivity index (χ1) is 14.0. The van der Waals surface area contributed by atoms with Crippen LogP contribution in [0.4, 0.5) is 5.69 Å². The molecule has 1 fully saturated rings. The number of benzene rings is 3. The Kier molecular flexibility index (Phi) is 5.90. The van der Waals surface area contributed by atoms with Crippen LogP contribution < -0.4 is 9.62 Å². The van der Waals surface area contributed by atoms with Crippen LogP contribution in [0, 0.1) is 0 Å². The minimum atomic E-state index is -3.56. The van der Waals surface area contributed by atoms with Gasteiger partial charge in [-0.3, -0.25) is 0 Å². The van der Waals surface area contributed by atoms with E-state index in [4.69, 9.17) is 11.6 Å². The Balaban J connectivity index is 1.45. The highest BCUT2D eigenvalue weighted by molar-refractivity contribution is 7.89. The van der Waals surface area contributed by atoms with Crippen molar-refractivity contribution >= 4 is 27.3 Å². The molecule has 4 nitrogen and oxygen atoms in total. The van der Waals surface area contributed by atoms with Crippen LogP contribution in [-0.2, 0) is 10.0 Å². The van der Waals surface area contributed by atoms with Crippen LogP contribution in [0.2, 0.25) is 5.02 Å². The van der Waals surface area contributed by atoms with Crippen molar-refractivity contribution in [2.24, 2.45) is 0 Å². The maximum Gasteiger partial charge on any atom is 0.240 e. The summed E-state index contributed by atoms with van der Waals surface area (Å²) in [5.74, 6) is 0. The van der Waals surface area contributed by atoms with Crippen LogP contribution in [0.3, 0.4) is 0 Å². The standard InChI is InChI=1S/C23H23ClN2O2S/c24-20-7-4-6-19(16-20)18-11-13-23(14-12-18)29(27,28)25-17-22-10-5-15-26(22)21-8-2-1-3-9-21/h1-4,6-9,11-14,16,22,25H,5,10,15,17H2. The van der Waals surface area contributed by atoms with E-state index in [1.54, 1.807) is 12.1 Å². The number of hydrogen-bond donors (Lipinski definition) is 1. The van der Waals surface area contributed by atoms with Gasteiger partial charge < -0.3 is 4.90 Å². The molecule has 1 heterocycles. The van der Waals surface area contributed by atoms with Crippen molar-refractivity contribution in [2.75, 3.05) is 18.0 Å². The number of para-hydroxylation sites is 1. The lowest BCUT2D eigenvalue weighted by molar-refractivity contribution is 0.567. The first-order valence-electron chi connectivity index (χ1n) is 9.70. The Morgan fingerprint density at radius 1 is 0.931 bits per heavy atom. The van der Waals surface area contributed by atoms with Gasteiger partial charge in [0.05, 0.1) is 4.90 Å². The lowest BCUT2D eigenvalue weighted by Gasteiger charge is -2.27. The van der Waals surface area contributed by atoms with Crippen molar-refractivity contribution in [2.45, 2.75) is 23.8 Å². The van der Waals surface area contributed by atoms with Gasteiger partial charge in [-0.25, -0.2) is 13.1 Å². The third-order valence-corrected chi connectivity index (χ3v) is 6.97. The summed E-state index contributed by atoms with van der Waals surface area (Å²) in [6, 6.07) is 24.7. The predicted octanol–water partition coefficient (Wildman–Crippen LogP) is 4.95. The molecule has 1 saturated heterocycles. The van der Waals surface area contributed by atoms with E-state index in [0.29, 0.717) is 11.6 Å². The van der Waals surface area contributed by atoms with Crippen LogP contribution in [0.25, 0.3) is 11.1 Å². The second kappa shape index (κ2) is 8.57. The summed E-state index contributed by atoms with van der Waals surface area (Å²) < 4.78 is 28.4. The summed E-state index contributed by atoms with van der Waals surface area (Å²) >= 11 is 6.05. The van der Waals surface area contributed by atoms with Gasteiger partial charge in [-0.15, -0.1) is 0 Å². The molecule has 0 aliphatic carbocycles. The number of sulfonamides is 1. The molecule has 0 spiro atoms. The number of halogens is 1. The minimum absolute atomic E-state index is 0.165. The number of nitrogens with zero attached hydrogens (tertiary/aromatic N) is 1. The molecule has 1 atom stereocenters. The number of anilines is 1. The predicted molar refractivity (Wildman–Crippen MR) is 119 cm³/mol. The maximum absolute atomic E-state index is 12.8. The molecule has 3 aromatic rings. The maximum atomic E-state index is 12.8. The molecule has 0 bridgehead atoms. The van der Waals surface area contributed by atoms with Crippen LogP contribution >= 0.6 is 11.6 Å². The fourth-order valence-electron chi connectivity index (χ4n) is 3.79. The van der Waals surface area contributed by atoms with Crippen LogP contribution in [0.15, 0.2) is 83.8 Å². The molecule has 150 valence electrons. The van der Waals surface area contributed by atoms with Gasteiger partial charge in [-0.1, -0.05) is 54.1 Å². The molecule has 0 aromatic heterocycles. The molecular formula is C23H23ClN2O2S. The van der Waals surface area contributed by atoms with E-state index in [1.165, 1.54) is 0 Å². The van der Waals surface area contributed by atoms with Gasteiger partial charge in [0, 0.05) is 29.8 Å². The third-order valence-electron chi connectivity index (χ3n) is 5.30. The third kappa shape index (κ3) is 4.64. The van der Waals surface area contributed by atoms with Crippen molar-refractivity contribution in [1.29, 1.82) is 0 Å². The number of rotatable bonds is 6. The second-order valence-corrected chi connectivity index (χ2v) is 9.42. The van der Waals surface area contributed by atoms with E-state index >= 15 is 0 Å². The van der Waals surface area contributed by atoms with Crippen molar-refractivity contribution in [3.63, 3.8) is 0 Å². The van der Waals surface area contributed by atoms with E-state index in [-0.39, 0.29) is 10.9 Å². The summed E-state index contributed by atoms with van der Waals surface area (Å²) in [5.41, 5.74) is 3.02. The largest absolute Gasteiger partial charge is 0.367 e. The molecule has 1 aliphatic heterocycles. The lowest BCUT2D eigenvalue weighted by atomic mass is 10.1. The van der Waals surface area contributed by atoms with Gasteiger partial charge in [-0.2, -0.15) is 0 Å². The summed E-state index contributed by atoms with van der Waals surface area (Å²) in [7, 11) is -3.56. The summed E-state index contributed by atoms with van der Waals surface area (Å²) in [4.78, 5) is 2.55. The normalized spacial score (nSPS) is 16.9. The Hall–Kier alpha value is -2.34. The molecule has 29 heavy (non-hydrogen) atoms. The monoisotopic (exact) mass is 426 g/mol. The highest BCUT2D eigenvalue weighted by Crippen LogP contribution is 2.26. The van der Waals surface area contributed by atoms with E-state index in [1.807, 2.05) is 54.6 Å². The number of nitrogens with one attached hydrogen (secondary N) is 1. The molecule has 6 heteroatoms. The van der Waals surface area contributed by atoms with Crippen molar-refractivity contribution in [3.05, 3.63) is 83.9 Å². The Morgan fingerprint density at radius 3 is 2.41 bits per heavy atom. The summed E-state index contributed by atoms with van der Waals surface area (Å²) in [6.45, 7) is 1.35. The Labute approximate surface area is 177 Å². The van der Waals surface area contributed by atoms with Crippen molar-refractivity contribution in [3.8, 4) is 11.1 Å². The first kappa shape index (κ1) is 20.0. The molecule has 0 saturated carbocycles. The summed E-state index contributed by atoms with van der Waals surface area (Å²) in [5, 5.41) is 0.653. The smallest absolute Gasteiger partial charge is 0.240 e. The van der Waals surface area contributed by atoms with E-state index in [2.05, 4.69) is 21.8 Å². The quantitative estimate of drug-likeness (QED) is 0.606. The molecule has 1 aliphatic rings. The van der Waals surface area contributed by atoms with Gasteiger partial charge in [0.2, 0.25) is 10.0 Å². The van der Waals surface area contributed by atoms with Gasteiger partial charge in [0.25, 0.3) is 0 Å². The lowest BCUT2D eigenvalue weighted by Crippen LogP contribution is -2.40. The minimum Gasteiger partial charge on any atom is -0.367 e. The van der Waals surface area contributed by atoms with Gasteiger partial charge in [0.15, 0.2) is 0 Å². The fourth-order valence-corrected chi connectivity index (χ4v) is 5.05. The highest BCUT2D eigenvalue weighted by Gasteiger charge is 2.26. The average Bonchev–Trinajstić information content (AvgIpc) is 3.22. The molecule has 3 aromatic carbocycles. The van der Waals surface area contributed by atoms with E-state index in [0.717, 1.165) is 36.2 Å². The highest BCUT2D eigenvalue weighted by atomic mass is 35.5. The van der Waals surface area contributed by atoms with Gasteiger partial charge in [0.1, 0.15) is 0 Å². The fraction of sp³-hybridized carbons (Fsp3) is 0.217. The average molecular weight is 427 g/mol. The molecule has 1 N–H and O–H groups in total. The zero-order valence-corrected chi connectivity index (χ0v) is 17.5. The van der Waals surface area contributed by atoms with E-state index in [9.17, 15) is 8.42 Å². The van der Waals surface area contributed by atoms with Crippen LogP contribution in [-0.4, -0.2) is 27.5 Å². The van der Waals surface area contributed by atoms with Crippen LogP contribution in [0.5, 0.6) is 0 Å². The van der Waals surface area contributed by atoms with Crippen molar-refractivity contribution in [1.82, 2.24) is 4.72 Å². The van der Waals surface area contributed by atoms with Crippen LogP contribution in [0.1, 0.15) is 12.8 Å². The zero-order chi connectivity index (χ0) is 20.3. The molecule has 4 rings (SSSR count).